The van der Waals surface area contributed by atoms with Gasteiger partial charge in [-0.2, -0.15) is 0 Å². The lowest BCUT2D eigenvalue weighted by molar-refractivity contribution is 0.0500. The number of amides is 2. The van der Waals surface area contributed by atoms with E-state index in [0.29, 0.717) is 0 Å². The molecule has 1 heterocycles. The van der Waals surface area contributed by atoms with Gasteiger partial charge in [0.25, 0.3) is 0 Å². The zero-order valence-electron chi connectivity index (χ0n) is 14.5. The number of carbonyl (C=O) groups is 1. The van der Waals surface area contributed by atoms with Crippen molar-refractivity contribution in [3.05, 3.63) is 65.5 Å². The molecule has 1 aliphatic carbocycles. The van der Waals surface area contributed by atoms with Crippen LogP contribution in [0.15, 0.2) is 48.7 Å². The summed E-state index contributed by atoms with van der Waals surface area (Å²) in [5, 5.41) is 16.2. The van der Waals surface area contributed by atoms with E-state index in [0.717, 1.165) is 42.5 Å². The molecule has 0 spiro atoms. The van der Waals surface area contributed by atoms with Crippen LogP contribution in [-0.2, 0) is 0 Å². The number of hydrogen-bond acceptors (Lipinski definition) is 3. The highest BCUT2D eigenvalue weighted by Crippen LogP contribution is 2.28. The summed E-state index contributed by atoms with van der Waals surface area (Å²) in [6.07, 6.45) is 5.24. The van der Waals surface area contributed by atoms with Gasteiger partial charge in [-0.25, -0.2) is 4.79 Å². The minimum Gasteiger partial charge on any atom is -0.388 e. The lowest BCUT2D eigenvalue weighted by atomic mass is 10.0. The summed E-state index contributed by atoms with van der Waals surface area (Å²) in [6, 6.07) is 13.1. The minimum absolute atomic E-state index is 0.279. The molecule has 5 nitrogen and oxygen atoms in total. The zero-order valence-corrected chi connectivity index (χ0v) is 14.5. The van der Waals surface area contributed by atoms with E-state index in [-0.39, 0.29) is 18.6 Å². The highest BCUT2D eigenvalue weighted by Gasteiger charge is 2.31. The van der Waals surface area contributed by atoms with E-state index in [1.165, 1.54) is 0 Å². The summed E-state index contributed by atoms with van der Waals surface area (Å²) in [5.74, 6) is 0. The maximum Gasteiger partial charge on any atom is 0.315 e. The van der Waals surface area contributed by atoms with Crippen LogP contribution in [0, 0.1) is 6.92 Å². The monoisotopic (exact) mass is 339 g/mol. The Kier molecular flexibility index (Phi) is 5.34. The molecule has 3 rings (SSSR count). The van der Waals surface area contributed by atoms with Gasteiger partial charge in [0, 0.05) is 12.7 Å². The van der Waals surface area contributed by atoms with Gasteiger partial charge in [0.15, 0.2) is 0 Å². The Bertz CT molecular complexity index is 712. The molecule has 0 bridgehead atoms. The molecule has 2 amide bonds. The van der Waals surface area contributed by atoms with Crippen LogP contribution in [0.1, 0.15) is 48.5 Å². The second kappa shape index (κ2) is 7.66. The molecule has 0 aliphatic heterocycles. The van der Waals surface area contributed by atoms with Crippen LogP contribution >= 0.6 is 0 Å². The molecule has 3 N–H and O–H groups in total. The summed E-state index contributed by atoms with van der Waals surface area (Å²) < 4.78 is 0. The van der Waals surface area contributed by atoms with Crippen LogP contribution < -0.4 is 10.6 Å². The van der Waals surface area contributed by atoms with E-state index in [4.69, 9.17) is 0 Å². The van der Waals surface area contributed by atoms with Gasteiger partial charge in [-0.3, -0.25) is 4.98 Å². The number of nitrogens with zero attached hydrogens (tertiary/aromatic N) is 1. The van der Waals surface area contributed by atoms with Gasteiger partial charge in [0.2, 0.25) is 0 Å². The van der Waals surface area contributed by atoms with Gasteiger partial charge in [-0.05, 0) is 37.5 Å². The van der Waals surface area contributed by atoms with Crippen molar-refractivity contribution in [3.8, 4) is 0 Å². The van der Waals surface area contributed by atoms with Crippen molar-refractivity contribution in [2.75, 3.05) is 6.54 Å². The Labute approximate surface area is 148 Å². The van der Waals surface area contributed by atoms with Crippen LogP contribution in [-0.4, -0.2) is 28.3 Å². The lowest BCUT2D eigenvalue weighted by Crippen LogP contribution is -2.46. The number of aliphatic hydroxyl groups is 1. The molecule has 1 aliphatic rings. The summed E-state index contributed by atoms with van der Waals surface area (Å²) in [4.78, 5) is 16.8. The lowest BCUT2D eigenvalue weighted by Gasteiger charge is -2.24. The average Bonchev–Trinajstić information content (AvgIpc) is 3.06. The van der Waals surface area contributed by atoms with Gasteiger partial charge < -0.3 is 15.7 Å². The minimum atomic E-state index is -0.763. The standard InChI is InChI=1S/C20H25N3O2/c1-15-7-6-8-16(13-15)18(17-9-2-5-12-21-17)23-19(24)22-14-20(25)10-3-4-11-20/h2,5-9,12-13,18,25H,3-4,10-11,14H2,1H3,(H2,22,23,24)/t18-/m1/s1. The third-order valence-corrected chi connectivity index (χ3v) is 4.75. The summed E-state index contributed by atoms with van der Waals surface area (Å²) >= 11 is 0. The second-order valence-electron chi connectivity index (χ2n) is 6.86. The van der Waals surface area contributed by atoms with E-state index >= 15 is 0 Å². The van der Waals surface area contributed by atoms with Crippen LogP contribution in [0.5, 0.6) is 0 Å². The molecule has 0 unspecified atom stereocenters. The maximum absolute atomic E-state index is 12.4. The predicted molar refractivity (Wildman–Crippen MR) is 97.2 cm³/mol. The molecule has 5 heteroatoms. The summed E-state index contributed by atoms with van der Waals surface area (Å²) in [6.45, 7) is 2.30. The van der Waals surface area contributed by atoms with Crippen LogP contribution in [0.3, 0.4) is 0 Å². The number of rotatable bonds is 5. The van der Waals surface area contributed by atoms with Gasteiger partial charge in [-0.1, -0.05) is 48.7 Å². The van der Waals surface area contributed by atoms with Gasteiger partial charge in [0.1, 0.15) is 0 Å². The van der Waals surface area contributed by atoms with Crippen molar-refractivity contribution < 1.29 is 9.90 Å². The quantitative estimate of drug-likeness (QED) is 0.784. The largest absolute Gasteiger partial charge is 0.388 e. The predicted octanol–water partition coefficient (Wildman–Crippen LogP) is 3.08. The van der Waals surface area contributed by atoms with Crippen molar-refractivity contribution in [3.63, 3.8) is 0 Å². The number of urea groups is 1. The fourth-order valence-corrected chi connectivity index (χ4v) is 3.36. The van der Waals surface area contributed by atoms with Gasteiger partial charge in [-0.15, -0.1) is 0 Å². The molecule has 1 aromatic carbocycles. The third kappa shape index (κ3) is 4.57. The van der Waals surface area contributed by atoms with Crippen molar-refractivity contribution in [1.82, 2.24) is 15.6 Å². The van der Waals surface area contributed by atoms with Crippen LogP contribution in [0.2, 0.25) is 0 Å². The Balaban J connectivity index is 1.72. The fourth-order valence-electron chi connectivity index (χ4n) is 3.36. The number of carbonyl (C=O) groups excluding carboxylic acids is 1. The van der Waals surface area contributed by atoms with Crippen LogP contribution in [0.25, 0.3) is 0 Å². The number of aryl methyl sites for hydroxylation is 1. The van der Waals surface area contributed by atoms with Gasteiger partial charge in [0.05, 0.1) is 17.3 Å². The third-order valence-electron chi connectivity index (χ3n) is 4.75. The fraction of sp³-hybridized carbons (Fsp3) is 0.400. The Morgan fingerprint density at radius 1 is 1.24 bits per heavy atom. The number of pyridine rings is 1. The SMILES string of the molecule is Cc1cccc([C@@H](NC(=O)NCC2(O)CCCC2)c2ccccn2)c1. The number of benzene rings is 1. The number of aromatic nitrogens is 1. The molecule has 2 aromatic rings. The molecule has 0 radical (unpaired) electrons. The molecule has 1 saturated carbocycles. The van der Waals surface area contributed by atoms with Crippen molar-refractivity contribution >= 4 is 6.03 Å². The molecule has 25 heavy (non-hydrogen) atoms. The molecule has 1 fully saturated rings. The molecule has 132 valence electrons. The molecule has 1 aromatic heterocycles. The first kappa shape index (κ1) is 17.4. The van der Waals surface area contributed by atoms with Gasteiger partial charge >= 0.3 is 6.03 Å². The second-order valence-corrected chi connectivity index (χ2v) is 6.86. The van der Waals surface area contributed by atoms with Crippen molar-refractivity contribution in [2.24, 2.45) is 0 Å². The Morgan fingerprint density at radius 3 is 2.72 bits per heavy atom. The van der Waals surface area contributed by atoms with E-state index in [1.54, 1.807) is 6.20 Å². The van der Waals surface area contributed by atoms with Crippen molar-refractivity contribution in [2.45, 2.75) is 44.2 Å². The average molecular weight is 339 g/mol. The van der Waals surface area contributed by atoms with Crippen LogP contribution in [0.4, 0.5) is 4.79 Å². The first-order valence-corrected chi connectivity index (χ1v) is 8.80. The Hall–Kier alpha value is -2.40. The number of hydrogen-bond donors (Lipinski definition) is 3. The normalized spacial score (nSPS) is 17.0. The first-order chi connectivity index (χ1) is 12.1. The molecular formula is C20H25N3O2. The highest BCUT2D eigenvalue weighted by molar-refractivity contribution is 5.75. The summed E-state index contributed by atoms with van der Waals surface area (Å²) in [5.41, 5.74) is 2.12. The number of nitrogens with one attached hydrogen (secondary N) is 2. The maximum atomic E-state index is 12.4. The van der Waals surface area contributed by atoms with E-state index < -0.39 is 5.60 Å². The Morgan fingerprint density at radius 2 is 2.04 bits per heavy atom. The van der Waals surface area contributed by atoms with E-state index in [1.807, 2.05) is 49.4 Å². The smallest absolute Gasteiger partial charge is 0.315 e. The zero-order chi connectivity index (χ0) is 17.7. The van der Waals surface area contributed by atoms with Crippen molar-refractivity contribution in [1.29, 1.82) is 0 Å². The highest BCUT2D eigenvalue weighted by atomic mass is 16.3. The summed E-state index contributed by atoms with van der Waals surface area (Å²) in [7, 11) is 0. The van der Waals surface area contributed by atoms with E-state index in [9.17, 15) is 9.90 Å². The molecule has 0 saturated heterocycles. The molecule has 1 atom stereocenters. The molecular weight excluding hydrogens is 314 g/mol. The first-order valence-electron chi connectivity index (χ1n) is 8.80. The topological polar surface area (TPSA) is 74.2 Å². The van der Waals surface area contributed by atoms with E-state index in [2.05, 4.69) is 15.6 Å².